The van der Waals surface area contributed by atoms with Gasteiger partial charge in [-0.25, -0.2) is 4.98 Å². The quantitative estimate of drug-likeness (QED) is 0.742. The van der Waals surface area contributed by atoms with E-state index in [1.54, 1.807) is 7.11 Å². The molecule has 0 spiro atoms. The van der Waals surface area contributed by atoms with Gasteiger partial charge in [0, 0.05) is 31.5 Å². The average molecular weight is 335 g/mol. The molecular weight excluding hydrogens is 310 g/mol. The molecule has 0 amide bonds. The minimum absolute atomic E-state index is 0.0453. The molecule has 1 N–H and O–H groups in total. The van der Waals surface area contributed by atoms with Crippen molar-refractivity contribution in [1.82, 2.24) is 14.9 Å². The van der Waals surface area contributed by atoms with Crippen LogP contribution < -0.4 is 10.1 Å². The van der Waals surface area contributed by atoms with Crippen LogP contribution in [0.15, 0.2) is 54.9 Å². The second kappa shape index (κ2) is 7.53. The number of hydrogen-bond acceptors (Lipinski definition) is 3. The first-order valence-corrected chi connectivity index (χ1v) is 8.50. The minimum atomic E-state index is -0.0453. The van der Waals surface area contributed by atoms with E-state index in [1.807, 2.05) is 42.2 Å². The van der Waals surface area contributed by atoms with Crippen LogP contribution in [0.4, 0.5) is 0 Å². The van der Waals surface area contributed by atoms with Gasteiger partial charge in [-0.1, -0.05) is 36.4 Å². The van der Waals surface area contributed by atoms with Crippen molar-refractivity contribution in [2.75, 3.05) is 7.11 Å². The van der Waals surface area contributed by atoms with Crippen molar-refractivity contribution in [2.24, 2.45) is 7.05 Å². The summed E-state index contributed by atoms with van der Waals surface area (Å²) in [6, 6.07) is 14.5. The van der Waals surface area contributed by atoms with Gasteiger partial charge in [0.25, 0.3) is 0 Å². The van der Waals surface area contributed by atoms with Crippen LogP contribution in [0.3, 0.4) is 0 Å². The Bertz CT molecular complexity index is 854. The number of para-hydroxylation sites is 1. The van der Waals surface area contributed by atoms with Crippen LogP contribution in [-0.2, 0) is 13.6 Å². The standard InChI is InChI=1S/C21H25N3O/c1-15-8-7-9-17(16(15)2)14-23-20(21-22-12-13-24(21)3)18-10-5-6-11-19(18)25-4/h5-13,20,23H,14H2,1-4H3. The number of benzene rings is 2. The lowest BCUT2D eigenvalue weighted by atomic mass is 10.0. The zero-order valence-electron chi connectivity index (χ0n) is 15.3. The first-order valence-electron chi connectivity index (χ1n) is 8.50. The molecule has 0 saturated carbocycles. The highest BCUT2D eigenvalue weighted by Crippen LogP contribution is 2.29. The highest BCUT2D eigenvalue weighted by atomic mass is 16.5. The smallest absolute Gasteiger partial charge is 0.130 e. The Balaban J connectivity index is 1.95. The van der Waals surface area contributed by atoms with Crippen molar-refractivity contribution in [3.05, 3.63) is 82.9 Å². The zero-order chi connectivity index (χ0) is 17.8. The number of aromatic nitrogens is 2. The Kier molecular flexibility index (Phi) is 5.19. The van der Waals surface area contributed by atoms with Crippen LogP contribution in [0, 0.1) is 13.8 Å². The fourth-order valence-corrected chi connectivity index (χ4v) is 3.12. The molecule has 25 heavy (non-hydrogen) atoms. The van der Waals surface area contributed by atoms with Gasteiger partial charge >= 0.3 is 0 Å². The van der Waals surface area contributed by atoms with E-state index >= 15 is 0 Å². The van der Waals surface area contributed by atoms with Gasteiger partial charge in [0.05, 0.1) is 13.2 Å². The van der Waals surface area contributed by atoms with E-state index in [4.69, 9.17) is 4.74 Å². The number of methoxy groups -OCH3 is 1. The summed E-state index contributed by atoms with van der Waals surface area (Å²) in [5.41, 5.74) is 5.03. The summed E-state index contributed by atoms with van der Waals surface area (Å²) >= 11 is 0. The maximum Gasteiger partial charge on any atom is 0.130 e. The van der Waals surface area contributed by atoms with Gasteiger partial charge in [0.15, 0.2) is 0 Å². The second-order valence-electron chi connectivity index (χ2n) is 6.31. The minimum Gasteiger partial charge on any atom is -0.496 e. The fourth-order valence-electron chi connectivity index (χ4n) is 3.12. The molecule has 0 aliphatic heterocycles. The van der Waals surface area contributed by atoms with Crippen LogP contribution in [0.25, 0.3) is 0 Å². The monoisotopic (exact) mass is 335 g/mol. The molecule has 0 aliphatic rings. The summed E-state index contributed by atoms with van der Waals surface area (Å²) in [5, 5.41) is 3.68. The number of hydrogen-bond donors (Lipinski definition) is 1. The molecule has 3 aromatic rings. The number of ether oxygens (including phenoxy) is 1. The first kappa shape index (κ1) is 17.2. The highest BCUT2D eigenvalue weighted by molar-refractivity contribution is 5.39. The number of rotatable bonds is 6. The van der Waals surface area contributed by atoms with E-state index < -0.39 is 0 Å². The fraction of sp³-hybridized carbons (Fsp3) is 0.286. The first-order chi connectivity index (χ1) is 12.1. The molecule has 130 valence electrons. The molecule has 0 aliphatic carbocycles. The van der Waals surface area contributed by atoms with Crippen LogP contribution in [0.5, 0.6) is 5.75 Å². The Labute approximate surface area is 149 Å². The average Bonchev–Trinajstić information content (AvgIpc) is 3.05. The van der Waals surface area contributed by atoms with Crippen LogP contribution in [-0.4, -0.2) is 16.7 Å². The second-order valence-corrected chi connectivity index (χ2v) is 6.31. The van der Waals surface area contributed by atoms with Gasteiger partial charge in [-0.15, -0.1) is 0 Å². The Hall–Kier alpha value is -2.59. The van der Waals surface area contributed by atoms with Crippen molar-refractivity contribution >= 4 is 0 Å². The van der Waals surface area contributed by atoms with Crippen LogP contribution in [0.1, 0.15) is 34.1 Å². The third-order valence-corrected chi connectivity index (χ3v) is 4.78. The summed E-state index contributed by atoms with van der Waals surface area (Å²) in [6.07, 6.45) is 3.80. The number of aryl methyl sites for hydroxylation is 2. The summed E-state index contributed by atoms with van der Waals surface area (Å²) in [6.45, 7) is 5.09. The molecule has 1 aromatic heterocycles. The third-order valence-electron chi connectivity index (χ3n) is 4.78. The molecule has 0 fully saturated rings. The molecule has 0 radical (unpaired) electrons. The predicted octanol–water partition coefficient (Wildman–Crippen LogP) is 3.92. The van der Waals surface area contributed by atoms with Crippen molar-refractivity contribution in [1.29, 1.82) is 0 Å². The zero-order valence-corrected chi connectivity index (χ0v) is 15.3. The third kappa shape index (κ3) is 3.59. The lowest BCUT2D eigenvalue weighted by molar-refractivity contribution is 0.401. The lowest BCUT2D eigenvalue weighted by Crippen LogP contribution is -2.25. The van der Waals surface area contributed by atoms with Crippen LogP contribution >= 0.6 is 0 Å². The van der Waals surface area contributed by atoms with Gasteiger partial charge in [-0.05, 0) is 36.6 Å². The van der Waals surface area contributed by atoms with E-state index in [0.717, 1.165) is 23.7 Å². The molecule has 4 heteroatoms. The summed E-state index contributed by atoms with van der Waals surface area (Å²) < 4.78 is 7.63. The SMILES string of the molecule is COc1ccccc1C(NCc1cccc(C)c1C)c1nccn1C. The summed E-state index contributed by atoms with van der Waals surface area (Å²) in [7, 11) is 3.73. The Morgan fingerprint density at radius 3 is 2.64 bits per heavy atom. The van der Waals surface area contributed by atoms with E-state index in [0.29, 0.717) is 0 Å². The largest absolute Gasteiger partial charge is 0.496 e. The number of nitrogens with one attached hydrogen (secondary N) is 1. The maximum atomic E-state index is 5.58. The lowest BCUT2D eigenvalue weighted by Gasteiger charge is -2.22. The van der Waals surface area contributed by atoms with Crippen molar-refractivity contribution in [2.45, 2.75) is 26.4 Å². The van der Waals surface area contributed by atoms with E-state index in [-0.39, 0.29) is 6.04 Å². The van der Waals surface area contributed by atoms with Crippen LogP contribution in [0.2, 0.25) is 0 Å². The molecule has 0 saturated heterocycles. The molecule has 1 heterocycles. The molecule has 4 nitrogen and oxygen atoms in total. The molecular formula is C21H25N3O. The van der Waals surface area contributed by atoms with Gasteiger partial charge < -0.3 is 9.30 Å². The molecule has 2 aromatic carbocycles. The molecule has 1 atom stereocenters. The van der Waals surface area contributed by atoms with E-state index in [2.05, 4.69) is 48.4 Å². The van der Waals surface area contributed by atoms with Gasteiger partial charge in [-0.3, -0.25) is 5.32 Å². The summed E-state index contributed by atoms with van der Waals surface area (Å²) in [4.78, 5) is 4.57. The topological polar surface area (TPSA) is 39.1 Å². The van der Waals surface area contributed by atoms with Gasteiger partial charge in [0.2, 0.25) is 0 Å². The Morgan fingerprint density at radius 1 is 1.12 bits per heavy atom. The molecule has 1 unspecified atom stereocenters. The van der Waals surface area contributed by atoms with E-state index in [1.165, 1.54) is 16.7 Å². The van der Waals surface area contributed by atoms with Gasteiger partial charge in [0.1, 0.15) is 11.6 Å². The summed E-state index contributed by atoms with van der Waals surface area (Å²) in [5.74, 6) is 1.83. The normalized spacial score (nSPS) is 12.2. The van der Waals surface area contributed by atoms with Crippen molar-refractivity contribution < 1.29 is 4.74 Å². The number of nitrogens with zero attached hydrogens (tertiary/aromatic N) is 2. The van der Waals surface area contributed by atoms with Crippen molar-refractivity contribution in [3.63, 3.8) is 0 Å². The van der Waals surface area contributed by atoms with E-state index in [9.17, 15) is 0 Å². The number of imidazole rings is 1. The molecule has 3 rings (SSSR count). The van der Waals surface area contributed by atoms with Gasteiger partial charge in [-0.2, -0.15) is 0 Å². The molecule has 0 bridgehead atoms. The predicted molar refractivity (Wildman–Crippen MR) is 101 cm³/mol. The van der Waals surface area contributed by atoms with Crippen molar-refractivity contribution in [3.8, 4) is 5.75 Å². The highest BCUT2D eigenvalue weighted by Gasteiger charge is 2.21. The Morgan fingerprint density at radius 2 is 1.92 bits per heavy atom. The maximum absolute atomic E-state index is 5.58.